The number of nitrogens with one attached hydrogen (secondary N) is 6. The zero-order chi connectivity index (χ0) is 57.5. The summed E-state index contributed by atoms with van der Waals surface area (Å²) in [6, 6.07) is 1.22. The molecule has 2 aromatic carbocycles. The summed E-state index contributed by atoms with van der Waals surface area (Å²) in [5.74, 6) is -9.24. The fourth-order valence-electron chi connectivity index (χ4n) is 10.7. The number of nitrogens with two attached hydrogens (primary N) is 1. The molecule has 79 heavy (non-hydrogen) atoms. The molecule has 9 amide bonds. The molecule has 25 heteroatoms. The summed E-state index contributed by atoms with van der Waals surface area (Å²) in [5, 5.41) is 55.6. The highest BCUT2D eigenvalue weighted by Crippen LogP contribution is 2.25. The Kier molecular flexibility index (Phi) is 21.5. The van der Waals surface area contributed by atoms with E-state index in [0.29, 0.717) is 43.4 Å². The largest absolute Gasteiger partial charge is 0.508 e. The molecule has 0 bridgehead atoms. The number of carboxylic acids is 2. The number of rotatable bonds is 26. The van der Waals surface area contributed by atoms with Crippen molar-refractivity contribution in [2.24, 2.45) is 11.7 Å². The summed E-state index contributed by atoms with van der Waals surface area (Å²) < 4.78 is 0. The molecule has 0 aromatic heterocycles. The zero-order valence-electron chi connectivity index (χ0n) is 44.5. The van der Waals surface area contributed by atoms with Crippen LogP contribution in [0.2, 0.25) is 0 Å². The van der Waals surface area contributed by atoms with E-state index in [4.69, 9.17) is 5.73 Å². The van der Waals surface area contributed by atoms with Crippen LogP contribution in [0, 0.1) is 5.92 Å². The summed E-state index contributed by atoms with van der Waals surface area (Å²) in [5.41, 5.74) is 6.65. The van der Waals surface area contributed by atoms with Gasteiger partial charge in [0, 0.05) is 45.3 Å². The molecule has 4 aliphatic rings. The maximum atomic E-state index is 14.5. The molecule has 4 heterocycles. The predicted molar refractivity (Wildman–Crippen MR) is 281 cm³/mol. The molecule has 4 aliphatic heterocycles. The van der Waals surface area contributed by atoms with Crippen LogP contribution in [0.15, 0.2) is 48.5 Å². The van der Waals surface area contributed by atoms with Crippen molar-refractivity contribution >= 4 is 65.1 Å². The lowest BCUT2D eigenvalue weighted by molar-refractivity contribution is -0.145. The van der Waals surface area contributed by atoms with Gasteiger partial charge in [0.15, 0.2) is 0 Å². The zero-order valence-corrected chi connectivity index (χ0v) is 44.5. The smallest absolute Gasteiger partial charge is 0.326 e. The van der Waals surface area contributed by atoms with Crippen molar-refractivity contribution in [1.82, 2.24) is 46.6 Å². The minimum absolute atomic E-state index is 0.00577. The number of carbonyl (C=O) groups is 11. The van der Waals surface area contributed by atoms with E-state index in [1.165, 1.54) is 51.1 Å². The third-order valence-corrected chi connectivity index (χ3v) is 14.8. The topological polar surface area (TPSA) is 377 Å². The van der Waals surface area contributed by atoms with Crippen LogP contribution in [0.5, 0.6) is 11.5 Å². The first-order valence-electron chi connectivity index (χ1n) is 27.1. The Hall–Kier alpha value is -7.83. The summed E-state index contributed by atoms with van der Waals surface area (Å²) in [6.45, 7) is 4.45. The number of aliphatic carboxylic acids is 2. The normalized spacial score (nSPS) is 20.8. The highest BCUT2D eigenvalue weighted by Gasteiger charge is 2.44. The number of hydrogen-bond acceptors (Lipinski definition) is 14. The maximum absolute atomic E-state index is 14.5. The quantitative estimate of drug-likeness (QED) is 0.0555. The molecular formula is C54H74N10O15. The molecule has 25 nitrogen and oxygen atoms in total. The molecule has 0 aliphatic carbocycles. The number of carboxylic acid groups (broad SMARTS) is 2. The van der Waals surface area contributed by atoms with Crippen LogP contribution >= 0.6 is 0 Å². The van der Waals surface area contributed by atoms with E-state index in [9.17, 15) is 73.2 Å². The molecule has 0 radical (unpaired) electrons. The molecule has 0 saturated carbocycles. The van der Waals surface area contributed by atoms with E-state index in [1.54, 1.807) is 26.0 Å². The van der Waals surface area contributed by atoms with E-state index in [1.807, 2.05) is 0 Å². The lowest BCUT2D eigenvalue weighted by Gasteiger charge is -2.33. The van der Waals surface area contributed by atoms with Crippen molar-refractivity contribution in [2.45, 2.75) is 165 Å². The van der Waals surface area contributed by atoms with Crippen molar-refractivity contribution in [3.63, 3.8) is 0 Å². The molecule has 4 fully saturated rings. The number of phenolic OH excluding ortho intramolecular Hbond substituents is 2. The summed E-state index contributed by atoms with van der Waals surface area (Å²) in [4.78, 5) is 153. The fraction of sp³-hybridized carbons (Fsp3) is 0.574. The second kappa shape index (κ2) is 28.2. The Balaban J connectivity index is 1.14. The first kappa shape index (κ1) is 60.4. The number of amides is 9. The van der Waals surface area contributed by atoms with Crippen LogP contribution in [0.3, 0.4) is 0 Å². The van der Waals surface area contributed by atoms with Gasteiger partial charge >= 0.3 is 11.9 Å². The standard InChI is InChI=1S/C54H74N10O15/c1-30(2)27-38(52(76)63-25-6-10-43(63)50(74)61-40(54(78)79)29-32-13-17-34(66)18-14-32)59-47(71)36(20-22-45(68)69)57-48(72)41-8-4-24-62(41)51(75)37(19-21-44(55)67)58-49(73)42-9-5-26-64(42)53(77)39(28-31-11-15-33(65)16-12-31)60-46(70)35-7-3-23-56-35/h11-18,30,35-43,56,65-66H,3-10,19-29H2,1-2H3,(H2,55,67)(H,57,72)(H,58,73)(H,59,71)(H,60,70)(H,61,74)(H,68,69)(H,78,79)/t35-,36-,37-,38-,39-,40-,41-,42-,43-/m0/s1. The molecule has 4 saturated heterocycles. The highest BCUT2D eigenvalue weighted by molar-refractivity contribution is 5.99. The van der Waals surface area contributed by atoms with Crippen molar-refractivity contribution in [3.05, 3.63) is 59.7 Å². The van der Waals surface area contributed by atoms with Gasteiger partial charge in [0.05, 0.1) is 6.04 Å². The second-order valence-electron chi connectivity index (χ2n) is 21.2. The van der Waals surface area contributed by atoms with E-state index in [0.717, 1.165) is 6.42 Å². The minimum atomic E-state index is -1.55. The van der Waals surface area contributed by atoms with Gasteiger partial charge in [-0.15, -0.1) is 0 Å². The second-order valence-corrected chi connectivity index (χ2v) is 21.2. The van der Waals surface area contributed by atoms with Crippen LogP contribution < -0.4 is 37.6 Å². The lowest BCUT2D eigenvalue weighted by Crippen LogP contribution is -2.60. The van der Waals surface area contributed by atoms with Gasteiger partial charge in [-0.1, -0.05) is 38.1 Å². The number of aromatic hydroxyl groups is 2. The number of nitrogens with zero attached hydrogens (tertiary/aromatic N) is 3. The van der Waals surface area contributed by atoms with E-state index in [-0.39, 0.29) is 94.3 Å². The van der Waals surface area contributed by atoms with Gasteiger partial charge in [0.25, 0.3) is 0 Å². The predicted octanol–water partition coefficient (Wildman–Crippen LogP) is -0.707. The maximum Gasteiger partial charge on any atom is 0.326 e. The van der Waals surface area contributed by atoms with Crippen LogP contribution in [0.25, 0.3) is 0 Å². The Bertz CT molecular complexity index is 2560. The Labute approximate surface area is 457 Å². The number of benzene rings is 2. The number of primary amides is 1. The highest BCUT2D eigenvalue weighted by atomic mass is 16.4. The van der Waals surface area contributed by atoms with Crippen molar-refractivity contribution in [1.29, 1.82) is 0 Å². The van der Waals surface area contributed by atoms with Gasteiger partial charge in [-0.05, 0) is 118 Å². The van der Waals surface area contributed by atoms with Gasteiger partial charge in [-0.3, -0.25) is 47.9 Å². The molecule has 12 N–H and O–H groups in total. The summed E-state index contributed by atoms with van der Waals surface area (Å²) in [7, 11) is 0. The first-order chi connectivity index (χ1) is 37.6. The van der Waals surface area contributed by atoms with Gasteiger partial charge in [-0.2, -0.15) is 0 Å². The van der Waals surface area contributed by atoms with E-state index < -0.39 is 126 Å². The molecule has 2 aromatic rings. The van der Waals surface area contributed by atoms with Crippen LogP contribution in [-0.4, -0.2) is 181 Å². The lowest BCUT2D eigenvalue weighted by atomic mass is 10.0. The molecule has 0 unspecified atom stereocenters. The minimum Gasteiger partial charge on any atom is -0.508 e. The monoisotopic (exact) mass is 1100 g/mol. The number of hydrogen-bond donors (Lipinski definition) is 11. The van der Waals surface area contributed by atoms with E-state index >= 15 is 0 Å². The van der Waals surface area contributed by atoms with Crippen LogP contribution in [-0.2, 0) is 65.6 Å². The molecule has 6 rings (SSSR count). The Morgan fingerprint density at radius 1 is 0.544 bits per heavy atom. The van der Waals surface area contributed by atoms with Crippen LogP contribution in [0.1, 0.15) is 108 Å². The first-order valence-corrected chi connectivity index (χ1v) is 27.1. The molecule has 0 spiro atoms. The van der Waals surface area contributed by atoms with E-state index in [2.05, 4.69) is 31.9 Å². The SMILES string of the molecule is CC(C)C[C@H](NC(=O)[C@H](CCC(=O)O)NC(=O)[C@@H]1CCCN1C(=O)[C@H](CCC(N)=O)NC(=O)[C@@H]1CCCN1C(=O)[C@H](Cc1ccc(O)cc1)NC(=O)[C@@H]1CCCN1)C(=O)N1CCC[C@H]1C(=O)N[C@@H](Cc1ccc(O)cc1)C(=O)O. The summed E-state index contributed by atoms with van der Waals surface area (Å²) in [6.07, 6.45) is 1.19. The third-order valence-electron chi connectivity index (χ3n) is 14.8. The van der Waals surface area contributed by atoms with Gasteiger partial charge < -0.3 is 72.8 Å². The third kappa shape index (κ3) is 16.8. The van der Waals surface area contributed by atoms with Crippen LogP contribution in [0.4, 0.5) is 0 Å². The van der Waals surface area contributed by atoms with Crippen molar-refractivity contribution in [2.75, 3.05) is 26.2 Å². The molecule has 9 atom stereocenters. The molecule has 430 valence electrons. The fourth-order valence-corrected chi connectivity index (χ4v) is 10.7. The van der Waals surface area contributed by atoms with Gasteiger partial charge in [0.1, 0.15) is 59.8 Å². The van der Waals surface area contributed by atoms with Gasteiger partial charge in [-0.25, -0.2) is 4.79 Å². The number of likely N-dealkylation sites (tertiary alicyclic amines) is 3. The average Bonchev–Trinajstić information content (AvgIpc) is 4.36. The Morgan fingerprint density at radius 2 is 0.975 bits per heavy atom. The van der Waals surface area contributed by atoms with Gasteiger partial charge in [0.2, 0.25) is 53.2 Å². The number of phenols is 2. The Morgan fingerprint density at radius 3 is 1.42 bits per heavy atom. The number of carbonyl (C=O) groups excluding carboxylic acids is 9. The summed E-state index contributed by atoms with van der Waals surface area (Å²) >= 11 is 0. The van der Waals surface area contributed by atoms with Crippen molar-refractivity contribution < 1.29 is 73.2 Å². The average molecular weight is 1100 g/mol. The molecular weight excluding hydrogens is 1030 g/mol. The van der Waals surface area contributed by atoms with Crippen molar-refractivity contribution in [3.8, 4) is 11.5 Å².